The Morgan fingerprint density at radius 1 is 1.31 bits per heavy atom. The largest absolute Gasteiger partial charge is 0.476 e. The lowest BCUT2D eigenvalue weighted by atomic mass is 10.1. The van der Waals surface area contributed by atoms with E-state index < -0.39 is 5.97 Å². The van der Waals surface area contributed by atoms with Crippen LogP contribution in [-0.2, 0) is 7.05 Å². The van der Waals surface area contributed by atoms with E-state index in [0.29, 0.717) is 5.56 Å². The predicted octanol–water partition coefficient (Wildman–Crippen LogP) is 2.09. The molecule has 2 aromatic rings. The Balaban J connectivity index is 2.63. The Hall–Kier alpha value is -2.10. The fourth-order valence-electron chi connectivity index (χ4n) is 1.83. The quantitative estimate of drug-likeness (QED) is 0.836. The minimum atomic E-state index is -0.990. The van der Waals surface area contributed by atoms with Gasteiger partial charge in [-0.1, -0.05) is 30.3 Å². The maximum absolute atomic E-state index is 10.9. The first-order chi connectivity index (χ1) is 7.61. The molecule has 1 heterocycles. The molecule has 0 unspecified atom stereocenters. The van der Waals surface area contributed by atoms with Crippen LogP contribution in [0.25, 0.3) is 11.3 Å². The van der Waals surface area contributed by atoms with Crippen molar-refractivity contribution in [3.8, 4) is 11.3 Å². The van der Waals surface area contributed by atoms with Crippen LogP contribution in [0.1, 0.15) is 16.1 Å². The van der Waals surface area contributed by atoms with Crippen molar-refractivity contribution >= 4 is 5.97 Å². The highest BCUT2D eigenvalue weighted by molar-refractivity contribution is 5.89. The first kappa shape index (κ1) is 10.4. The number of aryl methyl sites for hydroxylation is 1. The van der Waals surface area contributed by atoms with Crippen LogP contribution in [0, 0.1) is 6.92 Å². The lowest BCUT2D eigenvalue weighted by molar-refractivity contribution is 0.0689. The molecule has 0 aliphatic rings. The highest BCUT2D eigenvalue weighted by atomic mass is 16.4. The summed E-state index contributed by atoms with van der Waals surface area (Å²) in [7, 11) is 1.75. The molecule has 0 aliphatic carbocycles. The van der Waals surface area contributed by atoms with E-state index in [-0.39, 0.29) is 5.69 Å². The second-order valence-electron chi connectivity index (χ2n) is 3.62. The Kier molecular flexibility index (Phi) is 2.48. The Morgan fingerprint density at radius 2 is 1.94 bits per heavy atom. The molecule has 2 rings (SSSR count). The molecule has 0 aliphatic heterocycles. The van der Waals surface area contributed by atoms with Gasteiger partial charge in [-0.25, -0.2) is 4.79 Å². The normalized spacial score (nSPS) is 10.4. The number of carboxylic acids is 1. The molecule has 0 saturated carbocycles. The summed E-state index contributed by atoms with van der Waals surface area (Å²) in [6.07, 6.45) is 0. The first-order valence-corrected chi connectivity index (χ1v) is 4.93. The summed E-state index contributed by atoms with van der Waals surface area (Å²) in [5.41, 5.74) is 2.63. The molecule has 0 atom stereocenters. The lowest BCUT2D eigenvalue weighted by Crippen LogP contribution is -2.00. The van der Waals surface area contributed by atoms with Crippen molar-refractivity contribution in [2.24, 2.45) is 7.05 Å². The Morgan fingerprint density at radius 3 is 2.44 bits per heavy atom. The fraction of sp³-hybridized carbons (Fsp3) is 0.167. The fourth-order valence-corrected chi connectivity index (χ4v) is 1.83. The molecule has 0 amide bonds. The van der Waals surface area contributed by atoms with Gasteiger partial charge < -0.3 is 5.11 Å². The third-order valence-electron chi connectivity index (χ3n) is 2.53. The van der Waals surface area contributed by atoms with Crippen LogP contribution < -0.4 is 0 Å². The molecule has 0 spiro atoms. The van der Waals surface area contributed by atoms with Gasteiger partial charge >= 0.3 is 5.97 Å². The number of carbonyl (C=O) groups is 1. The molecule has 4 heteroatoms. The highest BCUT2D eigenvalue weighted by Crippen LogP contribution is 2.24. The first-order valence-electron chi connectivity index (χ1n) is 4.93. The van der Waals surface area contributed by atoms with Crippen LogP contribution in [0.4, 0.5) is 0 Å². The van der Waals surface area contributed by atoms with E-state index in [1.165, 1.54) is 0 Å². The van der Waals surface area contributed by atoms with Crippen molar-refractivity contribution < 1.29 is 9.90 Å². The summed E-state index contributed by atoms with van der Waals surface area (Å²) in [5.74, 6) is -0.990. The van der Waals surface area contributed by atoms with Gasteiger partial charge in [-0.15, -0.1) is 0 Å². The average Bonchev–Trinajstić information content (AvgIpc) is 2.56. The van der Waals surface area contributed by atoms with Gasteiger partial charge in [-0.05, 0) is 6.92 Å². The van der Waals surface area contributed by atoms with Crippen molar-refractivity contribution in [3.63, 3.8) is 0 Å². The average molecular weight is 216 g/mol. The van der Waals surface area contributed by atoms with Crippen LogP contribution in [-0.4, -0.2) is 20.9 Å². The van der Waals surface area contributed by atoms with Crippen molar-refractivity contribution in [1.82, 2.24) is 9.78 Å². The SMILES string of the molecule is Cc1c(C(=O)O)nn(C)c1-c1ccccc1. The number of aromatic nitrogens is 2. The third-order valence-corrected chi connectivity index (χ3v) is 2.53. The van der Waals surface area contributed by atoms with Gasteiger partial charge in [0.15, 0.2) is 5.69 Å². The minimum absolute atomic E-state index is 0.112. The van der Waals surface area contributed by atoms with Gasteiger partial charge in [-0.2, -0.15) is 5.10 Å². The molecule has 0 bridgehead atoms. The number of carboxylic acid groups (broad SMARTS) is 1. The summed E-state index contributed by atoms with van der Waals surface area (Å²) in [4.78, 5) is 10.9. The van der Waals surface area contributed by atoms with E-state index in [1.54, 1.807) is 18.7 Å². The monoisotopic (exact) mass is 216 g/mol. The van der Waals surface area contributed by atoms with Crippen LogP contribution >= 0.6 is 0 Å². The molecule has 16 heavy (non-hydrogen) atoms. The second-order valence-corrected chi connectivity index (χ2v) is 3.62. The van der Waals surface area contributed by atoms with E-state index in [4.69, 9.17) is 5.11 Å². The predicted molar refractivity (Wildman–Crippen MR) is 60.3 cm³/mol. The number of benzene rings is 1. The zero-order valence-electron chi connectivity index (χ0n) is 9.14. The molecule has 0 saturated heterocycles. The number of rotatable bonds is 2. The van der Waals surface area contributed by atoms with Crippen LogP contribution in [0.3, 0.4) is 0 Å². The maximum atomic E-state index is 10.9. The van der Waals surface area contributed by atoms with Crippen LogP contribution in [0.2, 0.25) is 0 Å². The van der Waals surface area contributed by atoms with Gasteiger partial charge in [0.1, 0.15) is 0 Å². The summed E-state index contributed by atoms with van der Waals surface area (Å²) >= 11 is 0. The van der Waals surface area contributed by atoms with Crippen molar-refractivity contribution in [2.75, 3.05) is 0 Å². The van der Waals surface area contributed by atoms with Crippen molar-refractivity contribution in [3.05, 3.63) is 41.6 Å². The topological polar surface area (TPSA) is 55.1 Å². The molecule has 1 N–H and O–H groups in total. The lowest BCUT2D eigenvalue weighted by Gasteiger charge is -2.02. The van der Waals surface area contributed by atoms with Gasteiger partial charge in [0.05, 0.1) is 5.69 Å². The van der Waals surface area contributed by atoms with E-state index in [1.807, 2.05) is 30.3 Å². The molecule has 82 valence electrons. The Labute approximate surface area is 93.1 Å². The van der Waals surface area contributed by atoms with E-state index in [9.17, 15) is 4.79 Å². The standard InChI is InChI=1S/C12H12N2O2/c1-8-10(12(15)16)13-14(2)11(8)9-6-4-3-5-7-9/h3-7H,1-2H3,(H,15,16). The van der Waals surface area contributed by atoms with E-state index >= 15 is 0 Å². The number of hydrogen-bond acceptors (Lipinski definition) is 2. The number of nitrogens with zero attached hydrogens (tertiary/aromatic N) is 2. The van der Waals surface area contributed by atoms with Gasteiger partial charge in [0.25, 0.3) is 0 Å². The van der Waals surface area contributed by atoms with Crippen LogP contribution in [0.15, 0.2) is 30.3 Å². The van der Waals surface area contributed by atoms with Gasteiger partial charge in [0.2, 0.25) is 0 Å². The number of aromatic carboxylic acids is 1. The molecular weight excluding hydrogens is 204 g/mol. The van der Waals surface area contributed by atoms with Crippen molar-refractivity contribution in [2.45, 2.75) is 6.92 Å². The van der Waals surface area contributed by atoms with E-state index in [2.05, 4.69) is 5.10 Å². The highest BCUT2D eigenvalue weighted by Gasteiger charge is 2.18. The number of hydrogen-bond donors (Lipinski definition) is 1. The molecular formula is C12H12N2O2. The Bertz CT molecular complexity index is 529. The van der Waals surface area contributed by atoms with E-state index in [0.717, 1.165) is 11.3 Å². The zero-order valence-corrected chi connectivity index (χ0v) is 9.14. The van der Waals surface area contributed by atoms with Gasteiger partial charge in [-0.3, -0.25) is 4.68 Å². The molecule has 0 radical (unpaired) electrons. The summed E-state index contributed by atoms with van der Waals surface area (Å²) in [5, 5.41) is 13.0. The summed E-state index contributed by atoms with van der Waals surface area (Å²) < 4.78 is 1.61. The molecule has 0 fully saturated rings. The van der Waals surface area contributed by atoms with Crippen molar-refractivity contribution in [1.29, 1.82) is 0 Å². The third kappa shape index (κ3) is 1.58. The van der Waals surface area contributed by atoms with Crippen LogP contribution in [0.5, 0.6) is 0 Å². The minimum Gasteiger partial charge on any atom is -0.476 e. The zero-order chi connectivity index (χ0) is 11.7. The summed E-state index contributed by atoms with van der Waals surface area (Å²) in [6.45, 7) is 1.78. The second kappa shape index (κ2) is 3.81. The molecule has 1 aromatic carbocycles. The molecule has 1 aromatic heterocycles. The van der Waals surface area contributed by atoms with Gasteiger partial charge in [0, 0.05) is 18.2 Å². The molecule has 4 nitrogen and oxygen atoms in total. The summed E-state index contributed by atoms with van der Waals surface area (Å²) in [6, 6.07) is 9.64. The maximum Gasteiger partial charge on any atom is 0.356 e. The smallest absolute Gasteiger partial charge is 0.356 e.